The van der Waals surface area contributed by atoms with E-state index in [1.54, 1.807) is 0 Å². The first-order valence-corrected chi connectivity index (χ1v) is 9.00. The van der Waals surface area contributed by atoms with Crippen molar-refractivity contribution in [3.63, 3.8) is 0 Å². The lowest BCUT2D eigenvalue weighted by Crippen LogP contribution is -2.42. The van der Waals surface area contributed by atoms with Gasteiger partial charge in [-0.25, -0.2) is 0 Å². The lowest BCUT2D eigenvalue weighted by Gasteiger charge is -2.24. The van der Waals surface area contributed by atoms with Crippen LogP contribution in [0.4, 0.5) is 0 Å². The minimum Gasteiger partial charge on any atom is -0.392 e. The second-order valence-corrected chi connectivity index (χ2v) is 9.57. The lowest BCUT2D eigenvalue weighted by atomic mass is 10.2. The van der Waals surface area contributed by atoms with Crippen LogP contribution in [-0.2, 0) is 0 Å². The molecule has 1 aromatic carbocycles. The normalized spacial score (nSPS) is 13.9. The zero-order chi connectivity index (χ0) is 12.9. The van der Waals surface area contributed by atoms with E-state index in [9.17, 15) is 0 Å². The second kappa shape index (κ2) is 5.99. The van der Waals surface area contributed by atoms with E-state index in [0.29, 0.717) is 0 Å². The molecule has 0 aliphatic heterocycles. The second-order valence-electron chi connectivity index (χ2n) is 4.95. The molecule has 0 radical (unpaired) electrons. The van der Waals surface area contributed by atoms with Gasteiger partial charge in [0.2, 0.25) is 0 Å². The Balaban J connectivity index is 3.02. The molecule has 0 saturated heterocycles. The molecule has 0 heterocycles. The van der Waals surface area contributed by atoms with Gasteiger partial charge in [-0.05, 0) is 13.8 Å². The van der Waals surface area contributed by atoms with Crippen LogP contribution in [0.2, 0.25) is 13.1 Å². The Morgan fingerprint density at radius 2 is 1.76 bits per heavy atom. The molecule has 0 atom stereocenters. The Labute approximate surface area is 106 Å². The van der Waals surface area contributed by atoms with Crippen LogP contribution in [0.5, 0.6) is 0 Å². The molecule has 0 spiro atoms. The first-order chi connectivity index (χ1) is 7.98. The van der Waals surface area contributed by atoms with Crippen molar-refractivity contribution < 1.29 is 5.11 Å². The number of aliphatic hydroxyl groups excluding tert-OH is 1. The summed E-state index contributed by atoms with van der Waals surface area (Å²) in [4.78, 5) is 0. The monoisotopic (exact) mass is 246 g/mol. The highest BCUT2D eigenvalue weighted by Crippen LogP contribution is 2.16. The van der Waals surface area contributed by atoms with E-state index < -0.39 is 8.07 Å². The van der Waals surface area contributed by atoms with Crippen molar-refractivity contribution >= 4 is 13.3 Å². The van der Waals surface area contributed by atoms with Crippen LogP contribution in [0.1, 0.15) is 13.8 Å². The van der Waals surface area contributed by atoms with Crippen molar-refractivity contribution in [2.75, 3.05) is 6.61 Å². The minimum atomic E-state index is -1.54. The quantitative estimate of drug-likeness (QED) is 0.639. The Morgan fingerprint density at radius 1 is 1.18 bits per heavy atom. The van der Waals surface area contributed by atoms with Crippen molar-refractivity contribution in [1.29, 1.82) is 0 Å². The zero-order valence-electron chi connectivity index (χ0n) is 11.2. The van der Waals surface area contributed by atoms with Gasteiger partial charge < -0.3 is 5.11 Å². The van der Waals surface area contributed by atoms with Crippen LogP contribution in [0.25, 0.3) is 0 Å². The maximum Gasteiger partial charge on any atom is 0.107 e. The smallest absolute Gasteiger partial charge is 0.107 e. The molecule has 0 fully saturated rings. The number of benzene rings is 1. The Morgan fingerprint density at radius 3 is 2.29 bits per heavy atom. The minimum absolute atomic E-state index is 0.114. The molecular weight excluding hydrogens is 224 g/mol. The number of hydrogen-bond donors (Lipinski definition) is 1. The van der Waals surface area contributed by atoms with E-state index in [-0.39, 0.29) is 6.61 Å². The molecule has 17 heavy (non-hydrogen) atoms. The van der Waals surface area contributed by atoms with E-state index in [0.717, 1.165) is 5.57 Å². The first-order valence-electron chi connectivity index (χ1n) is 6.00. The predicted molar refractivity (Wildman–Crippen MR) is 78.2 cm³/mol. The molecule has 0 aliphatic rings. The highest BCUT2D eigenvalue weighted by Gasteiger charge is 2.24. The van der Waals surface area contributed by atoms with Crippen molar-refractivity contribution in [2.24, 2.45) is 0 Å². The van der Waals surface area contributed by atoms with E-state index in [2.05, 4.69) is 56.4 Å². The number of hydrogen-bond acceptors (Lipinski definition) is 1. The lowest BCUT2D eigenvalue weighted by molar-refractivity contribution is 0.342. The summed E-state index contributed by atoms with van der Waals surface area (Å²) >= 11 is 0. The standard InChI is InChI=1S/C15H22OSi/c1-13(10-11-16)12-14(2)17(3,4)15-8-6-5-7-9-15/h5-10,12,16H,11H2,1-4H3/b13-10+,14-12-. The van der Waals surface area contributed by atoms with Gasteiger partial charge in [-0.1, -0.05) is 71.5 Å². The van der Waals surface area contributed by atoms with Gasteiger partial charge >= 0.3 is 0 Å². The molecule has 0 amide bonds. The third kappa shape index (κ3) is 3.68. The molecule has 0 aromatic heterocycles. The fraction of sp³-hybridized carbons (Fsp3) is 0.333. The number of allylic oxidation sites excluding steroid dienone is 3. The average Bonchev–Trinajstić information content (AvgIpc) is 2.30. The van der Waals surface area contributed by atoms with Crippen LogP contribution in [-0.4, -0.2) is 19.8 Å². The summed E-state index contributed by atoms with van der Waals surface area (Å²) in [5.74, 6) is 0. The molecule has 1 rings (SSSR count). The zero-order valence-corrected chi connectivity index (χ0v) is 12.2. The molecule has 0 unspecified atom stereocenters. The third-order valence-electron chi connectivity index (χ3n) is 3.34. The summed E-state index contributed by atoms with van der Waals surface area (Å²) in [7, 11) is -1.54. The van der Waals surface area contributed by atoms with E-state index in [1.165, 1.54) is 10.4 Å². The summed E-state index contributed by atoms with van der Waals surface area (Å²) < 4.78 is 0. The maximum atomic E-state index is 8.88. The van der Waals surface area contributed by atoms with E-state index >= 15 is 0 Å². The highest BCUT2D eigenvalue weighted by atomic mass is 28.3. The van der Waals surface area contributed by atoms with E-state index in [1.807, 2.05) is 13.0 Å². The SMILES string of the molecule is C/C(=C/C(C)=C/CO)[Si](C)(C)c1ccccc1. The Bertz CT molecular complexity index is 416. The summed E-state index contributed by atoms with van der Waals surface area (Å²) in [6.07, 6.45) is 4.05. The number of rotatable bonds is 4. The van der Waals surface area contributed by atoms with E-state index in [4.69, 9.17) is 5.11 Å². The predicted octanol–water partition coefficient (Wildman–Crippen LogP) is 3.03. The third-order valence-corrected chi connectivity index (χ3v) is 7.23. The van der Waals surface area contributed by atoms with Gasteiger partial charge in [0.1, 0.15) is 8.07 Å². The first kappa shape index (κ1) is 13.9. The van der Waals surface area contributed by atoms with Crippen LogP contribution in [0, 0.1) is 0 Å². The van der Waals surface area contributed by atoms with Crippen molar-refractivity contribution in [1.82, 2.24) is 0 Å². The maximum absolute atomic E-state index is 8.88. The van der Waals surface area contributed by atoms with Crippen molar-refractivity contribution in [3.05, 3.63) is 53.3 Å². The van der Waals surface area contributed by atoms with Gasteiger partial charge in [0.25, 0.3) is 0 Å². The van der Waals surface area contributed by atoms with Crippen molar-refractivity contribution in [3.8, 4) is 0 Å². The van der Waals surface area contributed by atoms with Crippen LogP contribution in [0.15, 0.2) is 53.3 Å². The molecule has 1 N–H and O–H groups in total. The van der Waals surface area contributed by atoms with Gasteiger partial charge in [0.15, 0.2) is 0 Å². The van der Waals surface area contributed by atoms with Gasteiger partial charge in [-0.2, -0.15) is 0 Å². The molecule has 1 nitrogen and oxygen atoms in total. The fourth-order valence-corrected chi connectivity index (χ4v) is 3.88. The molecule has 0 saturated carbocycles. The molecule has 0 aliphatic carbocycles. The molecule has 0 bridgehead atoms. The van der Waals surface area contributed by atoms with Gasteiger partial charge in [0, 0.05) is 0 Å². The fourth-order valence-electron chi connectivity index (χ4n) is 1.81. The topological polar surface area (TPSA) is 20.2 Å². The van der Waals surface area contributed by atoms with Gasteiger partial charge in [0.05, 0.1) is 6.61 Å². The summed E-state index contributed by atoms with van der Waals surface area (Å²) in [6.45, 7) is 9.08. The molecule has 1 aromatic rings. The Hall–Kier alpha value is -1.12. The molecule has 92 valence electrons. The van der Waals surface area contributed by atoms with Crippen LogP contribution >= 0.6 is 0 Å². The number of aliphatic hydroxyl groups is 1. The average molecular weight is 246 g/mol. The Kier molecular flexibility index (Phi) is 4.91. The van der Waals surface area contributed by atoms with Crippen LogP contribution in [0.3, 0.4) is 0 Å². The van der Waals surface area contributed by atoms with Gasteiger partial charge in [-0.15, -0.1) is 0 Å². The summed E-state index contributed by atoms with van der Waals surface area (Å²) in [6, 6.07) is 10.7. The molecular formula is C15H22OSi. The summed E-state index contributed by atoms with van der Waals surface area (Å²) in [5.41, 5.74) is 1.14. The van der Waals surface area contributed by atoms with Crippen molar-refractivity contribution in [2.45, 2.75) is 26.9 Å². The van der Waals surface area contributed by atoms with Gasteiger partial charge in [-0.3, -0.25) is 0 Å². The molecule has 2 heteroatoms. The highest BCUT2D eigenvalue weighted by molar-refractivity contribution is 6.95. The largest absolute Gasteiger partial charge is 0.392 e. The summed E-state index contributed by atoms with van der Waals surface area (Å²) in [5, 5.41) is 11.8. The van der Waals surface area contributed by atoms with Crippen LogP contribution < -0.4 is 5.19 Å².